The third-order valence-corrected chi connectivity index (χ3v) is 4.84. The van der Waals surface area contributed by atoms with Crippen LogP contribution in [0.4, 0.5) is 4.79 Å². The second-order valence-corrected chi connectivity index (χ2v) is 7.75. The molecule has 4 heteroatoms. The van der Waals surface area contributed by atoms with Crippen LogP contribution in [0.5, 0.6) is 0 Å². The summed E-state index contributed by atoms with van der Waals surface area (Å²) < 4.78 is 0. The summed E-state index contributed by atoms with van der Waals surface area (Å²) in [5, 5.41) is 2.88. The lowest BCUT2D eigenvalue weighted by Gasteiger charge is -2.27. The largest absolute Gasteiger partial charge is 0.337 e. The Morgan fingerprint density at radius 2 is 1.84 bits per heavy atom. The molecule has 1 aromatic carbocycles. The van der Waals surface area contributed by atoms with Gasteiger partial charge in [0.15, 0.2) is 0 Å². The molecule has 1 aliphatic heterocycles. The van der Waals surface area contributed by atoms with Gasteiger partial charge in [0.05, 0.1) is 0 Å². The van der Waals surface area contributed by atoms with Crippen LogP contribution in [0, 0.1) is 0 Å². The molecule has 4 nitrogen and oxygen atoms in total. The number of hydrogen-bond acceptors (Lipinski definition) is 2. The van der Waals surface area contributed by atoms with Gasteiger partial charge in [-0.05, 0) is 42.7 Å². The van der Waals surface area contributed by atoms with Crippen molar-refractivity contribution in [2.45, 2.75) is 59.3 Å². The number of nitrogens with zero attached hydrogens (tertiary/aromatic N) is 1. The minimum absolute atomic E-state index is 0.140. The average Bonchev–Trinajstić information content (AvgIpc) is 2.55. The summed E-state index contributed by atoms with van der Waals surface area (Å²) in [6.45, 7) is 11.5. The SMILES string of the molecule is CCC1=C(C)CCN(C(=O)NCCc2ccc(C(C)(C)C)cc2)C1=O. The lowest BCUT2D eigenvalue weighted by molar-refractivity contribution is -0.125. The maximum absolute atomic E-state index is 12.4. The standard InChI is InChI=1S/C21H30N2O2/c1-6-18-15(2)12-14-23(19(18)24)20(25)22-13-11-16-7-9-17(10-8-16)21(3,4)5/h7-10H,6,11-14H2,1-5H3,(H,22,25). The second-order valence-electron chi connectivity index (χ2n) is 7.75. The van der Waals surface area contributed by atoms with Crippen molar-refractivity contribution < 1.29 is 9.59 Å². The molecule has 0 bridgehead atoms. The van der Waals surface area contributed by atoms with Gasteiger partial charge in [0, 0.05) is 18.7 Å². The van der Waals surface area contributed by atoms with Crippen molar-refractivity contribution in [2.24, 2.45) is 0 Å². The summed E-state index contributed by atoms with van der Waals surface area (Å²) in [7, 11) is 0. The van der Waals surface area contributed by atoms with Crippen LogP contribution in [0.1, 0.15) is 58.6 Å². The molecular formula is C21H30N2O2. The first-order chi connectivity index (χ1) is 11.7. The highest BCUT2D eigenvalue weighted by atomic mass is 16.2. The van der Waals surface area contributed by atoms with Crippen molar-refractivity contribution in [3.8, 4) is 0 Å². The Labute approximate surface area is 151 Å². The third kappa shape index (κ3) is 4.71. The first-order valence-electron chi connectivity index (χ1n) is 9.11. The van der Waals surface area contributed by atoms with E-state index in [0.717, 1.165) is 24.0 Å². The zero-order valence-electron chi connectivity index (χ0n) is 16.1. The fraction of sp³-hybridized carbons (Fsp3) is 0.524. The number of carbonyl (C=O) groups is 2. The van der Waals surface area contributed by atoms with Gasteiger partial charge in [-0.2, -0.15) is 0 Å². The predicted octanol–water partition coefficient (Wildman–Crippen LogP) is 4.20. The molecule has 1 aromatic rings. The number of urea groups is 1. The van der Waals surface area contributed by atoms with Gasteiger partial charge in [-0.3, -0.25) is 9.69 Å². The van der Waals surface area contributed by atoms with Crippen molar-refractivity contribution in [1.29, 1.82) is 0 Å². The molecule has 136 valence electrons. The van der Waals surface area contributed by atoms with E-state index >= 15 is 0 Å². The van der Waals surface area contributed by atoms with E-state index in [-0.39, 0.29) is 17.4 Å². The fourth-order valence-corrected chi connectivity index (χ4v) is 3.10. The van der Waals surface area contributed by atoms with Crippen LogP contribution in [0.25, 0.3) is 0 Å². The molecule has 0 unspecified atom stereocenters. The number of hydrogen-bond donors (Lipinski definition) is 1. The lowest BCUT2D eigenvalue weighted by Crippen LogP contribution is -2.47. The van der Waals surface area contributed by atoms with Crippen molar-refractivity contribution >= 4 is 11.9 Å². The third-order valence-electron chi connectivity index (χ3n) is 4.84. The minimum Gasteiger partial charge on any atom is -0.337 e. The molecule has 1 aliphatic rings. The summed E-state index contributed by atoms with van der Waals surface area (Å²) in [4.78, 5) is 26.0. The Bertz CT molecular complexity index is 666. The lowest BCUT2D eigenvalue weighted by atomic mass is 9.86. The van der Waals surface area contributed by atoms with Gasteiger partial charge in [0.2, 0.25) is 0 Å². The van der Waals surface area contributed by atoms with E-state index in [9.17, 15) is 9.59 Å². The summed E-state index contributed by atoms with van der Waals surface area (Å²) in [6, 6.07) is 8.23. The van der Waals surface area contributed by atoms with E-state index in [2.05, 4.69) is 50.4 Å². The van der Waals surface area contributed by atoms with Gasteiger partial charge in [-0.1, -0.05) is 57.5 Å². The number of imide groups is 1. The van der Waals surface area contributed by atoms with Crippen LogP contribution >= 0.6 is 0 Å². The van der Waals surface area contributed by atoms with E-state index in [0.29, 0.717) is 19.5 Å². The van der Waals surface area contributed by atoms with Gasteiger partial charge in [-0.25, -0.2) is 4.79 Å². The second kappa shape index (κ2) is 7.85. The Morgan fingerprint density at radius 3 is 2.40 bits per heavy atom. The van der Waals surface area contributed by atoms with Crippen LogP contribution in [-0.2, 0) is 16.6 Å². The van der Waals surface area contributed by atoms with E-state index < -0.39 is 0 Å². The Kier molecular flexibility index (Phi) is 6.04. The molecule has 0 radical (unpaired) electrons. The van der Waals surface area contributed by atoms with Gasteiger partial charge in [0.25, 0.3) is 5.91 Å². The summed E-state index contributed by atoms with van der Waals surface area (Å²) in [6.07, 6.45) is 2.21. The van der Waals surface area contributed by atoms with E-state index in [4.69, 9.17) is 0 Å². The van der Waals surface area contributed by atoms with Crippen molar-refractivity contribution in [3.63, 3.8) is 0 Å². The molecule has 1 N–H and O–H groups in total. The number of rotatable bonds is 4. The normalized spacial score (nSPS) is 15.6. The molecule has 3 amide bonds. The predicted molar refractivity (Wildman–Crippen MR) is 102 cm³/mol. The molecule has 0 aromatic heterocycles. The summed E-state index contributed by atoms with van der Waals surface area (Å²) >= 11 is 0. The average molecular weight is 342 g/mol. The maximum atomic E-state index is 12.4. The number of benzene rings is 1. The molecule has 0 atom stereocenters. The monoisotopic (exact) mass is 342 g/mol. The van der Waals surface area contributed by atoms with Crippen LogP contribution in [0.2, 0.25) is 0 Å². The Balaban J connectivity index is 1.88. The zero-order valence-corrected chi connectivity index (χ0v) is 16.1. The topological polar surface area (TPSA) is 49.4 Å². The molecular weight excluding hydrogens is 312 g/mol. The highest BCUT2D eigenvalue weighted by Crippen LogP contribution is 2.23. The summed E-state index contributed by atoms with van der Waals surface area (Å²) in [5.74, 6) is -0.140. The van der Waals surface area contributed by atoms with Gasteiger partial charge >= 0.3 is 6.03 Å². The smallest absolute Gasteiger partial charge is 0.324 e. The first-order valence-corrected chi connectivity index (χ1v) is 9.11. The van der Waals surface area contributed by atoms with Crippen molar-refractivity contribution in [3.05, 3.63) is 46.5 Å². The molecule has 1 heterocycles. The highest BCUT2D eigenvalue weighted by Gasteiger charge is 2.28. The van der Waals surface area contributed by atoms with Crippen LogP contribution < -0.4 is 5.32 Å². The molecule has 25 heavy (non-hydrogen) atoms. The number of nitrogens with one attached hydrogen (secondary N) is 1. The van der Waals surface area contributed by atoms with E-state index in [1.165, 1.54) is 16.0 Å². The van der Waals surface area contributed by atoms with Gasteiger partial charge < -0.3 is 5.32 Å². The molecule has 0 spiro atoms. The Morgan fingerprint density at radius 1 is 1.20 bits per heavy atom. The fourth-order valence-electron chi connectivity index (χ4n) is 3.10. The number of carbonyl (C=O) groups excluding carboxylic acids is 2. The van der Waals surface area contributed by atoms with Crippen molar-refractivity contribution in [2.75, 3.05) is 13.1 Å². The van der Waals surface area contributed by atoms with Crippen LogP contribution in [0.3, 0.4) is 0 Å². The van der Waals surface area contributed by atoms with Gasteiger partial charge in [-0.15, -0.1) is 0 Å². The van der Waals surface area contributed by atoms with Crippen LogP contribution in [-0.4, -0.2) is 29.9 Å². The first kappa shape index (κ1) is 19.2. The minimum atomic E-state index is -0.283. The quantitative estimate of drug-likeness (QED) is 0.892. The molecule has 0 saturated carbocycles. The number of amides is 3. The van der Waals surface area contributed by atoms with E-state index in [1.54, 1.807) is 0 Å². The molecule has 0 aliphatic carbocycles. The van der Waals surface area contributed by atoms with Crippen LogP contribution in [0.15, 0.2) is 35.4 Å². The molecule has 2 rings (SSSR count). The van der Waals surface area contributed by atoms with Crippen molar-refractivity contribution in [1.82, 2.24) is 10.2 Å². The highest BCUT2D eigenvalue weighted by molar-refractivity contribution is 6.04. The zero-order chi connectivity index (χ0) is 18.6. The Hall–Kier alpha value is -2.10. The maximum Gasteiger partial charge on any atom is 0.324 e. The van der Waals surface area contributed by atoms with Gasteiger partial charge in [0.1, 0.15) is 0 Å². The summed E-state index contributed by atoms with van der Waals surface area (Å²) in [5.41, 5.74) is 4.51. The molecule has 0 saturated heterocycles. The molecule has 0 fully saturated rings. The van der Waals surface area contributed by atoms with E-state index in [1.807, 2.05) is 13.8 Å².